The summed E-state index contributed by atoms with van der Waals surface area (Å²) in [7, 11) is 0. The highest BCUT2D eigenvalue weighted by Gasteiger charge is 2.23. The van der Waals surface area contributed by atoms with Crippen LogP contribution in [-0.2, 0) is 4.74 Å². The van der Waals surface area contributed by atoms with Crippen LogP contribution in [0.1, 0.15) is 0 Å². The molecule has 6 nitrogen and oxygen atoms in total. The Morgan fingerprint density at radius 1 is 1.44 bits per heavy atom. The molecule has 0 N–H and O–H groups in total. The van der Waals surface area contributed by atoms with Gasteiger partial charge in [-0.3, -0.25) is 10.1 Å². The molecular formula is C9H10ClN3O3. The van der Waals surface area contributed by atoms with E-state index in [2.05, 4.69) is 4.98 Å². The monoisotopic (exact) mass is 243 g/mol. The lowest BCUT2D eigenvalue weighted by Crippen LogP contribution is -2.37. The minimum Gasteiger partial charge on any atom is -0.378 e. The van der Waals surface area contributed by atoms with E-state index in [1.807, 2.05) is 4.90 Å². The van der Waals surface area contributed by atoms with E-state index < -0.39 is 4.92 Å². The van der Waals surface area contributed by atoms with E-state index in [1.54, 1.807) is 0 Å². The van der Waals surface area contributed by atoms with Crippen molar-refractivity contribution < 1.29 is 9.66 Å². The van der Waals surface area contributed by atoms with Crippen molar-refractivity contribution in [2.75, 3.05) is 31.2 Å². The van der Waals surface area contributed by atoms with Gasteiger partial charge >= 0.3 is 5.69 Å². The quantitative estimate of drug-likeness (QED) is 0.447. The standard InChI is InChI=1S/C9H10ClN3O3/c10-8-2-1-7(13(14)15)9(11-8)12-3-5-16-6-4-12/h1-2H,3-6H2. The lowest BCUT2D eigenvalue weighted by Gasteiger charge is -2.27. The molecule has 0 aliphatic carbocycles. The van der Waals surface area contributed by atoms with Gasteiger partial charge in [0.1, 0.15) is 5.15 Å². The van der Waals surface area contributed by atoms with Crippen molar-refractivity contribution in [3.05, 3.63) is 27.4 Å². The molecule has 16 heavy (non-hydrogen) atoms. The molecule has 1 fully saturated rings. The van der Waals surface area contributed by atoms with Gasteiger partial charge in [0, 0.05) is 19.2 Å². The maximum absolute atomic E-state index is 10.8. The molecule has 0 spiro atoms. The summed E-state index contributed by atoms with van der Waals surface area (Å²) in [6.45, 7) is 2.28. The summed E-state index contributed by atoms with van der Waals surface area (Å²) >= 11 is 5.75. The molecule has 1 aromatic heterocycles. The van der Waals surface area contributed by atoms with Gasteiger partial charge in [-0.2, -0.15) is 0 Å². The molecule has 7 heteroatoms. The van der Waals surface area contributed by atoms with Crippen molar-refractivity contribution in [1.82, 2.24) is 4.98 Å². The minimum absolute atomic E-state index is 0.0219. The average molecular weight is 244 g/mol. The van der Waals surface area contributed by atoms with Gasteiger partial charge in [0.25, 0.3) is 0 Å². The highest BCUT2D eigenvalue weighted by molar-refractivity contribution is 6.29. The number of pyridine rings is 1. The highest BCUT2D eigenvalue weighted by atomic mass is 35.5. The predicted molar refractivity (Wildman–Crippen MR) is 58.9 cm³/mol. The molecular weight excluding hydrogens is 234 g/mol. The van der Waals surface area contributed by atoms with E-state index in [-0.39, 0.29) is 10.8 Å². The number of anilines is 1. The fraction of sp³-hybridized carbons (Fsp3) is 0.444. The van der Waals surface area contributed by atoms with Crippen LogP contribution in [0.25, 0.3) is 0 Å². The molecule has 2 heterocycles. The van der Waals surface area contributed by atoms with Gasteiger partial charge in [0.2, 0.25) is 5.82 Å². The number of hydrogen-bond acceptors (Lipinski definition) is 5. The van der Waals surface area contributed by atoms with Crippen LogP contribution < -0.4 is 4.90 Å². The molecule has 2 rings (SSSR count). The van der Waals surface area contributed by atoms with E-state index >= 15 is 0 Å². The summed E-state index contributed by atoms with van der Waals surface area (Å²) in [5.41, 5.74) is -0.0219. The molecule has 1 saturated heterocycles. The van der Waals surface area contributed by atoms with Crippen LogP contribution in [0.5, 0.6) is 0 Å². The number of halogens is 1. The van der Waals surface area contributed by atoms with Crippen molar-refractivity contribution >= 4 is 23.1 Å². The first-order valence-corrected chi connectivity index (χ1v) is 5.20. The Bertz CT molecular complexity index is 407. The lowest BCUT2D eigenvalue weighted by atomic mass is 10.3. The second kappa shape index (κ2) is 4.63. The summed E-state index contributed by atoms with van der Waals surface area (Å²) in [4.78, 5) is 16.2. The molecule has 1 aliphatic heterocycles. The first-order valence-electron chi connectivity index (χ1n) is 4.82. The van der Waals surface area contributed by atoms with Crippen molar-refractivity contribution in [1.29, 1.82) is 0 Å². The number of nitrogens with zero attached hydrogens (tertiary/aromatic N) is 3. The normalized spacial score (nSPS) is 16.2. The molecule has 0 unspecified atom stereocenters. The minimum atomic E-state index is -0.450. The number of nitro groups is 1. The van der Waals surface area contributed by atoms with Gasteiger partial charge in [-0.1, -0.05) is 11.6 Å². The SMILES string of the molecule is O=[N+]([O-])c1ccc(Cl)nc1N1CCOCC1. The molecule has 0 saturated carbocycles. The summed E-state index contributed by atoms with van der Waals surface area (Å²) in [6.07, 6.45) is 0. The largest absolute Gasteiger partial charge is 0.378 e. The van der Waals surface area contributed by atoms with Crippen LogP contribution in [-0.4, -0.2) is 36.2 Å². The number of hydrogen-bond donors (Lipinski definition) is 0. The van der Waals surface area contributed by atoms with Crippen LogP contribution in [0.3, 0.4) is 0 Å². The molecule has 0 atom stereocenters. The molecule has 0 bridgehead atoms. The van der Waals surface area contributed by atoms with Crippen LogP contribution in [0.2, 0.25) is 5.15 Å². The average Bonchev–Trinajstić information content (AvgIpc) is 2.29. The van der Waals surface area contributed by atoms with E-state index in [1.165, 1.54) is 12.1 Å². The fourth-order valence-corrected chi connectivity index (χ4v) is 1.71. The number of morpholine rings is 1. The van der Waals surface area contributed by atoms with Gasteiger partial charge in [0.05, 0.1) is 18.1 Å². The van der Waals surface area contributed by atoms with Gasteiger partial charge in [-0.05, 0) is 6.07 Å². The molecule has 0 aromatic carbocycles. The van der Waals surface area contributed by atoms with Crippen LogP contribution in [0, 0.1) is 10.1 Å². The predicted octanol–water partition coefficient (Wildman–Crippen LogP) is 1.48. The van der Waals surface area contributed by atoms with Gasteiger partial charge in [-0.15, -0.1) is 0 Å². The van der Waals surface area contributed by atoms with Gasteiger partial charge in [0.15, 0.2) is 0 Å². The number of ether oxygens (including phenoxy) is 1. The van der Waals surface area contributed by atoms with Crippen molar-refractivity contribution in [2.45, 2.75) is 0 Å². The maximum atomic E-state index is 10.8. The number of aromatic nitrogens is 1. The second-order valence-corrected chi connectivity index (χ2v) is 3.72. The van der Waals surface area contributed by atoms with E-state index in [4.69, 9.17) is 16.3 Å². The molecule has 0 radical (unpaired) electrons. The van der Waals surface area contributed by atoms with Crippen molar-refractivity contribution in [2.24, 2.45) is 0 Å². The Kier molecular flexibility index (Phi) is 3.21. The second-order valence-electron chi connectivity index (χ2n) is 3.33. The summed E-state index contributed by atoms with van der Waals surface area (Å²) < 4.78 is 5.18. The van der Waals surface area contributed by atoms with E-state index in [9.17, 15) is 10.1 Å². The summed E-state index contributed by atoms with van der Waals surface area (Å²) in [6, 6.07) is 2.80. The first kappa shape index (κ1) is 11.1. The Morgan fingerprint density at radius 2 is 2.12 bits per heavy atom. The Balaban J connectivity index is 2.36. The zero-order valence-electron chi connectivity index (χ0n) is 8.43. The van der Waals surface area contributed by atoms with Crippen LogP contribution in [0.4, 0.5) is 11.5 Å². The smallest absolute Gasteiger partial charge is 0.311 e. The Labute approximate surface area is 96.9 Å². The third-order valence-corrected chi connectivity index (χ3v) is 2.54. The lowest BCUT2D eigenvalue weighted by molar-refractivity contribution is -0.384. The summed E-state index contributed by atoms with van der Waals surface area (Å²) in [5, 5.41) is 11.1. The molecule has 0 amide bonds. The molecule has 86 valence electrons. The van der Waals surface area contributed by atoms with Crippen molar-refractivity contribution in [3.8, 4) is 0 Å². The topological polar surface area (TPSA) is 68.5 Å². The first-order chi connectivity index (χ1) is 7.68. The highest BCUT2D eigenvalue weighted by Crippen LogP contribution is 2.27. The zero-order chi connectivity index (χ0) is 11.5. The maximum Gasteiger partial charge on any atom is 0.311 e. The van der Waals surface area contributed by atoms with Crippen molar-refractivity contribution in [3.63, 3.8) is 0 Å². The zero-order valence-corrected chi connectivity index (χ0v) is 9.18. The van der Waals surface area contributed by atoms with Crippen LogP contribution >= 0.6 is 11.6 Å². The molecule has 1 aliphatic rings. The van der Waals surface area contributed by atoms with Gasteiger partial charge < -0.3 is 9.64 Å². The Hall–Kier alpha value is -1.40. The third-order valence-electron chi connectivity index (χ3n) is 2.33. The van der Waals surface area contributed by atoms with E-state index in [0.29, 0.717) is 32.1 Å². The van der Waals surface area contributed by atoms with E-state index in [0.717, 1.165) is 0 Å². The summed E-state index contributed by atoms with van der Waals surface area (Å²) in [5.74, 6) is 0.320. The third kappa shape index (κ3) is 2.23. The Morgan fingerprint density at radius 3 is 2.75 bits per heavy atom. The molecule has 1 aromatic rings. The van der Waals surface area contributed by atoms with Crippen LogP contribution in [0.15, 0.2) is 12.1 Å². The fourth-order valence-electron chi connectivity index (χ4n) is 1.57. The van der Waals surface area contributed by atoms with Gasteiger partial charge in [-0.25, -0.2) is 4.98 Å². The number of rotatable bonds is 2.